The molecule has 2 rings (SSSR count). The van der Waals surface area contributed by atoms with Gasteiger partial charge in [0, 0.05) is 37.7 Å². The van der Waals surface area contributed by atoms with Crippen LogP contribution >= 0.6 is 0 Å². The average Bonchev–Trinajstić information content (AvgIpc) is 3.08. The second kappa shape index (κ2) is 20.9. The van der Waals surface area contributed by atoms with Gasteiger partial charge in [-0.25, -0.2) is 5.06 Å². The van der Waals surface area contributed by atoms with E-state index < -0.39 is 41.8 Å². The summed E-state index contributed by atoms with van der Waals surface area (Å²) in [5.41, 5.74) is 1.52. The van der Waals surface area contributed by atoms with Crippen molar-refractivity contribution in [3.8, 4) is 0 Å². The van der Waals surface area contributed by atoms with E-state index in [1.165, 1.54) is 14.2 Å². The number of amides is 5. The van der Waals surface area contributed by atoms with E-state index in [-0.39, 0.29) is 29.7 Å². The number of benzene rings is 2. The molecule has 0 saturated carbocycles. The molecule has 12 heteroatoms. The Balaban J connectivity index is 2.22. The molecule has 2 aromatic carbocycles. The molecule has 0 fully saturated rings. The van der Waals surface area contributed by atoms with Gasteiger partial charge in [0.2, 0.25) is 11.8 Å². The van der Waals surface area contributed by atoms with E-state index in [0.717, 1.165) is 30.3 Å². The quantitative estimate of drug-likeness (QED) is 0.157. The Morgan fingerprint density at radius 2 is 1.20 bits per heavy atom. The van der Waals surface area contributed by atoms with Crippen LogP contribution < -0.4 is 21.3 Å². The smallest absolute Gasteiger partial charge is 0.268 e. The molecule has 0 aliphatic rings. The fourth-order valence-corrected chi connectivity index (χ4v) is 5.29. The molecule has 2 aromatic rings. The van der Waals surface area contributed by atoms with Crippen molar-refractivity contribution in [2.45, 2.75) is 78.9 Å². The molecule has 0 aromatic heterocycles. The fourth-order valence-electron chi connectivity index (χ4n) is 5.29. The second-order valence-corrected chi connectivity index (χ2v) is 13.0. The molecule has 4 N–H and O–H groups in total. The van der Waals surface area contributed by atoms with Crippen molar-refractivity contribution in [1.29, 1.82) is 0 Å². The molecule has 270 valence electrons. The standard InChI is InChI=1S/C37H56N6O6/c1-9-43(10-2)21-20-38-33(44)28-16-18-29(19-17-28)34(45)39-30(22-25(3)4)35(46)40-31(24-27-14-12-11-13-15-27)36(47)41-32(23-26(5)6)37(48)42(7)49-8/h11-19,25-26,30-32H,9-10,20-24H2,1-8H3,(H,38,44)(H,39,45)(H,40,46)(H,41,47)/t30-,31-,32-/m0/s1. The number of nitrogens with zero attached hydrogens (tertiary/aromatic N) is 2. The zero-order chi connectivity index (χ0) is 36.5. The average molecular weight is 681 g/mol. The van der Waals surface area contributed by atoms with Gasteiger partial charge >= 0.3 is 0 Å². The normalized spacial score (nSPS) is 13.0. The third-order valence-electron chi connectivity index (χ3n) is 8.17. The third kappa shape index (κ3) is 14.0. The monoisotopic (exact) mass is 680 g/mol. The molecule has 12 nitrogen and oxygen atoms in total. The minimum atomic E-state index is -1.03. The van der Waals surface area contributed by atoms with Crippen LogP contribution in [0.4, 0.5) is 0 Å². The van der Waals surface area contributed by atoms with Crippen LogP contribution in [0, 0.1) is 11.8 Å². The van der Waals surface area contributed by atoms with Crippen molar-refractivity contribution in [3.63, 3.8) is 0 Å². The Kier molecular flexibility index (Phi) is 17.5. The first kappa shape index (κ1) is 40.9. The SMILES string of the molecule is CCN(CC)CCNC(=O)c1ccc(C(=O)N[C@@H](CC(C)C)C(=O)N[C@@H](Cc2ccccc2)C(=O)N[C@@H](CC(C)C)C(=O)N(C)OC)cc1. The van der Waals surface area contributed by atoms with E-state index in [1.807, 2.05) is 58.0 Å². The first-order chi connectivity index (χ1) is 23.3. The molecule has 0 bridgehead atoms. The molecular formula is C37H56N6O6. The summed E-state index contributed by atoms with van der Waals surface area (Å²) in [5.74, 6) is -2.05. The van der Waals surface area contributed by atoms with Crippen LogP contribution in [0.5, 0.6) is 0 Å². The predicted octanol–water partition coefficient (Wildman–Crippen LogP) is 3.18. The van der Waals surface area contributed by atoms with Gasteiger partial charge in [-0.15, -0.1) is 0 Å². The molecule has 49 heavy (non-hydrogen) atoms. The summed E-state index contributed by atoms with van der Waals surface area (Å²) < 4.78 is 0. The maximum absolute atomic E-state index is 13.8. The van der Waals surface area contributed by atoms with Crippen molar-refractivity contribution in [2.24, 2.45) is 11.8 Å². The first-order valence-electron chi connectivity index (χ1n) is 17.2. The second-order valence-electron chi connectivity index (χ2n) is 13.0. The molecule has 5 amide bonds. The number of nitrogens with one attached hydrogen (secondary N) is 4. The number of rotatable bonds is 20. The Morgan fingerprint density at radius 3 is 1.73 bits per heavy atom. The molecule has 0 aliphatic carbocycles. The lowest BCUT2D eigenvalue weighted by molar-refractivity contribution is -0.172. The minimum absolute atomic E-state index is 0.0393. The number of hydrogen-bond acceptors (Lipinski definition) is 7. The highest BCUT2D eigenvalue weighted by Gasteiger charge is 2.32. The third-order valence-corrected chi connectivity index (χ3v) is 8.17. The van der Waals surface area contributed by atoms with Crippen molar-refractivity contribution < 1.29 is 28.8 Å². The van der Waals surface area contributed by atoms with Gasteiger partial charge < -0.3 is 26.2 Å². The largest absolute Gasteiger partial charge is 0.351 e. The summed E-state index contributed by atoms with van der Waals surface area (Å²) >= 11 is 0. The van der Waals surface area contributed by atoms with Gasteiger partial charge in [0.25, 0.3) is 17.7 Å². The van der Waals surface area contributed by atoms with Gasteiger partial charge in [-0.05, 0) is 67.6 Å². The zero-order valence-electron chi connectivity index (χ0n) is 30.4. The summed E-state index contributed by atoms with van der Waals surface area (Å²) in [6.07, 6.45) is 0.854. The summed E-state index contributed by atoms with van der Waals surface area (Å²) in [6, 6.07) is 12.6. The fraction of sp³-hybridized carbons (Fsp3) is 0.541. The van der Waals surface area contributed by atoms with Gasteiger partial charge in [-0.2, -0.15) is 0 Å². The summed E-state index contributed by atoms with van der Waals surface area (Å²) in [4.78, 5) is 73.8. The van der Waals surface area contributed by atoms with E-state index >= 15 is 0 Å². The van der Waals surface area contributed by atoms with Crippen LogP contribution in [0.2, 0.25) is 0 Å². The van der Waals surface area contributed by atoms with Crippen molar-refractivity contribution in [1.82, 2.24) is 31.2 Å². The van der Waals surface area contributed by atoms with Crippen LogP contribution in [0.1, 0.15) is 80.7 Å². The van der Waals surface area contributed by atoms with Crippen molar-refractivity contribution in [2.75, 3.05) is 40.3 Å². The Bertz CT molecular complexity index is 1350. The lowest BCUT2D eigenvalue weighted by Crippen LogP contribution is -2.57. The van der Waals surface area contributed by atoms with Gasteiger partial charge in [-0.1, -0.05) is 71.9 Å². The molecule has 0 spiro atoms. The number of hydrogen-bond donors (Lipinski definition) is 4. The van der Waals surface area contributed by atoms with E-state index in [4.69, 9.17) is 4.84 Å². The van der Waals surface area contributed by atoms with Crippen LogP contribution in [0.15, 0.2) is 54.6 Å². The van der Waals surface area contributed by atoms with Crippen LogP contribution in [0.3, 0.4) is 0 Å². The molecule has 0 unspecified atom stereocenters. The molecule has 0 saturated heterocycles. The Morgan fingerprint density at radius 1 is 0.694 bits per heavy atom. The minimum Gasteiger partial charge on any atom is -0.351 e. The van der Waals surface area contributed by atoms with Gasteiger partial charge in [0.1, 0.15) is 18.1 Å². The highest BCUT2D eigenvalue weighted by atomic mass is 16.7. The van der Waals surface area contributed by atoms with E-state index in [9.17, 15) is 24.0 Å². The Labute approximate surface area is 291 Å². The number of carbonyl (C=O) groups excluding carboxylic acids is 5. The molecular weight excluding hydrogens is 624 g/mol. The highest BCUT2D eigenvalue weighted by molar-refractivity contribution is 6.00. The lowest BCUT2D eigenvalue weighted by atomic mass is 9.99. The van der Waals surface area contributed by atoms with Crippen LogP contribution in [0.25, 0.3) is 0 Å². The summed E-state index contributed by atoms with van der Waals surface area (Å²) in [7, 11) is 2.84. The van der Waals surface area contributed by atoms with E-state index in [1.54, 1.807) is 24.3 Å². The molecule has 0 radical (unpaired) electrons. The lowest BCUT2D eigenvalue weighted by Gasteiger charge is -2.28. The van der Waals surface area contributed by atoms with E-state index in [0.29, 0.717) is 24.9 Å². The highest BCUT2D eigenvalue weighted by Crippen LogP contribution is 2.12. The van der Waals surface area contributed by atoms with Crippen molar-refractivity contribution in [3.05, 3.63) is 71.3 Å². The van der Waals surface area contributed by atoms with Gasteiger partial charge in [-0.3, -0.25) is 28.8 Å². The summed E-state index contributed by atoms with van der Waals surface area (Å²) in [5, 5.41) is 12.5. The molecule has 0 heterocycles. The molecule has 3 atom stereocenters. The van der Waals surface area contributed by atoms with E-state index in [2.05, 4.69) is 40.0 Å². The zero-order valence-corrected chi connectivity index (χ0v) is 30.4. The maximum atomic E-state index is 13.8. The topological polar surface area (TPSA) is 149 Å². The maximum Gasteiger partial charge on any atom is 0.268 e. The summed E-state index contributed by atoms with van der Waals surface area (Å²) in [6.45, 7) is 15.0. The van der Waals surface area contributed by atoms with Gasteiger partial charge in [0.15, 0.2) is 0 Å². The van der Waals surface area contributed by atoms with Crippen molar-refractivity contribution >= 4 is 29.5 Å². The molecule has 0 aliphatic heterocycles. The first-order valence-corrected chi connectivity index (χ1v) is 17.2. The van der Waals surface area contributed by atoms with Gasteiger partial charge in [0.05, 0.1) is 7.11 Å². The van der Waals surface area contributed by atoms with Crippen LogP contribution in [-0.4, -0.2) is 98.0 Å². The predicted molar refractivity (Wildman–Crippen MR) is 191 cm³/mol. The number of likely N-dealkylation sites (N-methyl/N-ethyl adjacent to an activating group) is 2. The number of carbonyl (C=O) groups is 5. The number of hydroxylamine groups is 2. The Hall–Kier alpha value is -4.29. The van der Waals surface area contributed by atoms with Crippen LogP contribution in [-0.2, 0) is 25.6 Å².